The van der Waals surface area contributed by atoms with Crippen molar-refractivity contribution >= 4 is 43.0 Å². The van der Waals surface area contributed by atoms with Crippen molar-refractivity contribution in [3.63, 3.8) is 0 Å². The Morgan fingerprint density at radius 2 is 2.26 bits per heavy atom. The van der Waals surface area contributed by atoms with Crippen LogP contribution in [0.25, 0.3) is 0 Å². The van der Waals surface area contributed by atoms with Crippen molar-refractivity contribution in [2.45, 2.75) is 19.4 Å². The minimum atomic E-state index is -2.90. The van der Waals surface area contributed by atoms with Gasteiger partial charge < -0.3 is 4.90 Å². The van der Waals surface area contributed by atoms with Gasteiger partial charge in [-0.25, -0.2) is 8.42 Å². The van der Waals surface area contributed by atoms with Crippen LogP contribution in [0.5, 0.6) is 0 Å². The SMILES string of the molecule is CN(Cc1ccc(Br)s1)C(=O)CC1CCS(=O)(=O)C1. The van der Waals surface area contributed by atoms with Crippen LogP contribution in [-0.4, -0.2) is 37.8 Å². The molecule has 0 N–H and O–H groups in total. The molecule has 106 valence electrons. The van der Waals surface area contributed by atoms with Crippen molar-refractivity contribution in [2.24, 2.45) is 5.92 Å². The van der Waals surface area contributed by atoms with Gasteiger partial charge in [-0.05, 0) is 40.4 Å². The first kappa shape index (κ1) is 15.0. The third-order valence-electron chi connectivity index (χ3n) is 3.24. The molecule has 2 heterocycles. The van der Waals surface area contributed by atoms with Gasteiger partial charge in [0, 0.05) is 18.3 Å². The first-order chi connectivity index (χ1) is 8.85. The average Bonchev–Trinajstić information content (AvgIpc) is 2.85. The van der Waals surface area contributed by atoms with E-state index in [1.54, 1.807) is 23.3 Å². The van der Waals surface area contributed by atoms with Gasteiger partial charge in [0.15, 0.2) is 9.84 Å². The van der Waals surface area contributed by atoms with Gasteiger partial charge >= 0.3 is 0 Å². The van der Waals surface area contributed by atoms with Gasteiger partial charge in [-0.15, -0.1) is 11.3 Å². The molecule has 1 aromatic rings. The highest BCUT2D eigenvalue weighted by atomic mass is 79.9. The summed E-state index contributed by atoms with van der Waals surface area (Å²) in [5.74, 6) is 0.408. The Kier molecular flexibility index (Phi) is 4.68. The smallest absolute Gasteiger partial charge is 0.222 e. The summed E-state index contributed by atoms with van der Waals surface area (Å²) in [6.45, 7) is 0.578. The van der Waals surface area contributed by atoms with E-state index < -0.39 is 9.84 Å². The van der Waals surface area contributed by atoms with E-state index in [4.69, 9.17) is 0 Å². The summed E-state index contributed by atoms with van der Waals surface area (Å²) in [5.41, 5.74) is 0. The molecule has 1 aliphatic heterocycles. The van der Waals surface area contributed by atoms with E-state index in [0.717, 1.165) is 8.66 Å². The van der Waals surface area contributed by atoms with Crippen molar-refractivity contribution in [3.8, 4) is 0 Å². The van der Waals surface area contributed by atoms with Crippen LogP contribution >= 0.6 is 27.3 Å². The van der Waals surface area contributed by atoms with Crippen molar-refractivity contribution in [2.75, 3.05) is 18.6 Å². The topological polar surface area (TPSA) is 54.5 Å². The van der Waals surface area contributed by atoms with Crippen LogP contribution in [0.3, 0.4) is 0 Å². The van der Waals surface area contributed by atoms with Crippen LogP contribution < -0.4 is 0 Å². The lowest BCUT2D eigenvalue weighted by atomic mass is 10.0. The van der Waals surface area contributed by atoms with Crippen LogP contribution in [0.15, 0.2) is 15.9 Å². The summed E-state index contributed by atoms with van der Waals surface area (Å²) in [6.07, 6.45) is 0.953. The molecular weight excluding hydrogens is 350 g/mol. The van der Waals surface area contributed by atoms with Crippen molar-refractivity contribution < 1.29 is 13.2 Å². The molecule has 1 unspecified atom stereocenters. The molecule has 19 heavy (non-hydrogen) atoms. The molecule has 1 aromatic heterocycles. The lowest BCUT2D eigenvalue weighted by molar-refractivity contribution is -0.131. The zero-order valence-electron chi connectivity index (χ0n) is 10.6. The molecule has 2 rings (SSSR count). The summed E-state index contributed by atoms with van der Waals surface area (Å²) < 4.78 is 23.8. The molecule has 0 bridgehead atoms. The number of carbonyl (C=O) groups is 1. The van der Waals surface area contributed by atoms with Gasteiger partial charge in [0.2, 0.25) is 5.91 Å². The average molecular weight is 366 g/mol. The molecule has 1 fully saturated rings. The second-order valence-electron chi connectivity index (χ2n) is 4.93. The highest BCUT2D eigenvalue weighted by Crippen LogP contribution is 2.25. The lowest BCUT2D eigenvalue weighted by Crippen LogP contribution is -2.28. The highest BCUT2D eigenvalue weighted by molar-refractivity contribution is 9.11. The van der Waals surface area contributed by atoms with E-state index >= 15 is 0 Å². The van der Waals surface area contributed by atoms with Gasteiger partial charge in [0.1, 0.15) is 0 Å². The molecule has 1 amide bonds. The highest BCUT2D eigenvalue weighted by Gasteiger charge is 2.30. The molecule has 0 spiro atoms. The fourth-order valence-electron chi connectivity index (χ4n) is 2.19. The largest absolute Gasteiger partial charge is 0.341 e. The van der Waals surface area contributed by atoms with E-state index in [-0.39, 0.29) is 23.3 Å². The molecule has 4 nitrogen and oxygen atoms in total. The van der Waals surface area contributed by atoms with Crippen LogP contribution in [0.1, 0.15) is 17.7 Å². The Bertz CT molecular complexity index is 567. The fraction of sp³-hybridized carbons (Fsp3) is 0.583. The number of nitrogens with zero attached hydrogens (tertiary/aromatic N) is 1. The van der Waals surface area contributed by atoms with Crippen molar-refractivity contribution in [1.29, 1.82) is 0 Å². The van der Waals surface area contributed by atoms with Crippen molar-refractivity contribution in [1.82, 2.24) is 4.90 Å². The lowest BCUT2D eigenvalue weighted by Gasteiger charge is -2.18. The predicted molar refractivity (Wildman–Crippen MR) is 79.9 cm³/mol. The minimum Gasteiger partial charge on any atom is -0.341 e. The van der Waals surface area contributed by atoms with Crippen LogP contribution in [0.2, 0.25) is 0 Å². The number of hydrogen-bond acceptors (Lipinski definition) is 4. The van der Waals surface area contributed by atoms with Crippen LogP contribution in [0.4, 0.5) is 0 Å². The third-order valence-corrected chi connectivity index (χ3v) is 6.68. The van der Waals surface area contributed by atoms with Crippen molar-refractivity contribution in [3.05, 3.63) is 20.8 Å². The van der Waals surface area contributed by atoms with E-state index in [0.29, 0.717) is 19.4 Å². The van der Waals surface area contributed by atoms with Gasteiger partial charge in [-0.1, -0.05) is 0 Å². The number of amides is 1. The van der Waals surface area contributed by atoms with E-state index in [1.165, 1.54) is 0 Å². The maximum atomic E-state index is 12.0. The van der Waals surface area contributed by atoms with Crippen LogP contribution in [0, 0.1) is 5.92 Å². The van der Waals surface area contributed by atoms with E-state index in [2.05, 4.69) is 15.9 Å². The summed E-state index contributed by atoms with van der Waals surface area (Å²) in [4.78, 5) is 14.8. The zero-order chi connectivity index (χ0) is 14.0. The van der Waals surface area contributed by atoms with E-state index in [9.17, 15) is 13.2 Å². The maximum absolute atomic E-state index is 12.0. The van der Waals surface area contributed by atoms with E-state index in [1.807, 2.05) is 12.1 Å². The first-order valence-electron chi connectivity index (χ1n) is 6.04. The van der Waals surface area contributed by atoms with Gasteiger partial charge in [-0.3, -0.25) is 4.79 Å². The molecule has 7 heteroatoms. The van der Waals surface area contributed by atoms with Gasteiger partial charge in [0.05, 0.1) is 21.8 Å². The number of hydrogen-bond donors (Lipinski definition) is 0. The Balaban J connectivity index is 1.86. The standard InChI is InChI=1S/C12H16BrNO3S2/c1-14(7-10-2-3-11(13)18-10)12(15)6-9-4-5-19(16,17)8-9/h2-3,9H,4-8H2,1H3. The summed E-state index contributed by atoms with van der Waals surface area (Å²) in [7, 11) is -1.13. The molecule has 1 aliphatic rings. The Labute approximate surface area is 125 Å². The zero-order valence-corrected chi connectivity index (χ0v) is 13.9. The Morgan fingerprint density at radius 1 is 1.53 bits per heavy atom. The molecule has 0 radical (unpaired) electrons. The number of thiophene rings is 1. The molecule has 1 atom stereocenters. The van der Waals surface area contributed by atoms with Crippen LogP contribution in [-0.2, 0) is 21.2 Å². The van der Waals surface area contributed by atoms with Gasteiger partial charge in [-0.2, -0.15) is 0 Å². The predicted octanol–water partition coefficient (Wildman–Crippen LogP) is 2.29. The maximum Gasteiger partial charge on any atom is 0.222 e. The second kappa shape index (κ2) is 5.93. The summed E-state index contributed by atoms with van der Waals surface area (Å²) in [5, 5.41) is 0. The molecule has 1 saturated heterocycles. The Hall–Kier alpha value is -0.400. The first-order valence-corrected chi connectivity index (χ1v) is 9.47. The third kappa shape index (κ3) is 4.29. The quantitative estimate of drug-likeness (QED) is 0.822. The number of halogens is 1. The summed E-state index contributed by atoms with van der Waals surface area (Å²) in [6, 6.07) is 3.94. The molecule has 0 aromatic carbocycles. The number of rotatable bonds is 4. The Morgan fingerprint density at radius 3 is 2.79 bits per heavy atom. The monoisotopic (exact) mass is 365 g/mol. The molecular formula is C12H16BrNO3S2. The number of sulfone groups is 1. The normalized spacial score (nSPS) is 21.5. The number of carbonyl (C=O) groups excluding carboxylic acids is 1. The molecule has 0 aliphatic carbocycles. The fourth-order valence-corrected chi connectivity index (χ4v) is 5.59. The minimum absolute atomic E-state index is 0.00461. The molecule has 0 saturated carbocycles. The van der Waals surface area contributed by atoms with Gasteiger partial charge in [0.25, 0.3) is 0 Å². The summed E-state index contributed by atoms with van der Waals surface area (Å²) >= 11 is 4.99. The second-order valence-corrected chi connectivity index (χ2v) is 9.71.